The number of ether oxygens (including phenoxy) is 1. The van der Waals surface area contributed by atoms with Crippen LogP contribution in [0, 0.1) is 11.3 Å². The second-order valence-electron chi connectivity index (χ2n) is 5.40. The zero-order valence-electron chi connectivity index (χ0n) is 13.5. The van der Waals surface area contributed by atoms with Crippen LogP contribution in [0.3, 0.4) is 0 Å². The highest BCUT2D eigenvalue weighted by Gasteiger charge is 2.12. The molecule has 120 valence electrons. The third-order valence-corrected chi connectivity index (χ3v) is 3.62. The topological polar surface area (TPSA) is 83.7 Å². The van der Waals surface area contributed by atoms with E-state index in [2.05, 4.69) is 20.3 Å². The first kappa shape index (κ1) is 15.7. The first-order valence-corrected chi connectivity index (χ1v) is 7.75. The SMILES string of the molecule is CC[C@@H](C)Oc1nc(Nc2cc3ccccc3cn2)cnc1C#N. The van der Waals surface area contributed by atoms with Crippen LogP contribution < -0.4 is 10.1 Å². The van der Waals surface area contributed by atoms with Crippen LogP contribution in [0.1, 0.15) is 26.0 Å². The van der Waals surface area contributed by atoms with Crippen molar-refractivity contribution in [3.8, 4) is 11.9 Å². The Balaban J connectivity index is 1.88. The molecule has 1 aromatic carbocycles. The lowest BCUT2D eigenvalue weighted by atomic mass is 10.2. The number of rotatable bonds is 5. The zero-order valence-corrected chi connectivity index (χ0v) is 13.5. The number of nitriles is 1. The molecule has 0 bridgehead atoms. The van der Waals surface area contributed by atoms with Gasteiger partial charge in [-0.3, -0.25) is 0 Å². The molecule has 2 aromatic heterocycles. The fraction of sp³-hybridized carbons (Fsp3) is 0.222. The maximum absolute atomic E-state index is 9.14. The Morgan fingerprint density at radius 2 is 1.96 bits per heavy atom. The van der Waals surface area contributed by atoms with Crippen LogP contribution in [0.4, 0.5) is 11.6 Å². The molecule has 0 saturated carbocycles. The van der Waals surface area contributed by atoms with Crippen molar-refractivity contribution in [2.45, 2.75) is 26.4 Å². The van der Waals surface area contributed by atoms with E-state index in [0.717, 1.165) is 17.2 Å². The molecule has 2 heterocycles. The number of pyridine rings is 1. The summed E-state index contributed by atoms with van der Waals surface area (Å²) in [5.74, 6) is 1.37. The van der Waals surface area contributed by atoms with Gasteiger partial charge in [-0.1, -0.05) is 31.2 Å². The van der Waals surface area contributed by atoms with Gasteiger partial charge in [0.1, 0.15) is 11.9 Å². The Morgan fingerprint density at radius 1 is 1.17 bits per heavy atom. The fourth-order valence-corrected chi connectivity index (χ4v) is 2.15. The van der Waals surface area contributed by atoms with Gasteiger partial charge in [-0.25, -0.2) is 9.97 Å². The maximum atomic E-state index is 9.14. The molecule has 0 aliphatic heterocycles. The molecule has 6 heteroatoms. The minimum atomic E-state index is -0.0413. The highest BCUT2D eigenvalue weighted by Crippen LogP contribution is 2.21. The van der Waals surface area contributed by atoms with Gasteiger partial charge in [0.25, 0.3) is 5.88 Å². The molecular formula is C18H17N5O. The van der Waals surface area contributed by atoms with Gasteiger partial charge in [0.2, 0.25) is 5.69 Å². The molecule has 3 aromatic rings. The lowest BCUT2D eigenvalue weighted by molar-refractivity contribution is 0.207. The van der Waals surface area contributed by atoms with Gasteiger partial charge in [0, 0.05) is 11.6 Å². The third-order valence-electron chi connectivity index (χ3n) is 3.62. The summed E-state index contributed by atoms with van der Waals surface area (Å²) in [7, 11) is 0. The van der Waals surface area contributed by atoms with E-state index in [1.54, 1.807) is 6.20 Å². The first-order valence-electron chi connectivity index (χ1n) is 7.75. The van der Waals surface area contributed by atoms with Crippen LogP contribution >= 0.6 is 0 Å². The van der Waals surface area contributed by atoms with Crippen LogP contribution in [0.15, 0.2) is 42.7 Å². The smallest absolute Gasteiger partial charge is 0.253 e. The monoisotopic (exact) mass is 319 g/mol. The lowest BCUT2D eigenvalue weighted by Crippen LogP contribution is -2.13. The molecule has 0 fully saturated rings. The number of hydrogen-bond acceptors (Lipinski definition) is 6. The standard InChI is InChI=1S/C18H17N5O/c1-3-12(2)24-18-15(9-19)20-11-17(23-18)22-16-8-13-6-4-5-7-14(13)10-21-16/h4-8,10-12H,3H2,1-2H3,(H,21,22,23)/t12-/m1/s1. The van der Waals surface area contributed by atoms with Crippen molar-refractivity contribution in [1.29, 1.82) is 5.26 Å². The van der Waals surface area contributed by atoms with Crippen LogP contribution in [-0.4, -0.2) is 21.1 Å². The molecule has 3 rings (SSSR count). The van der Waals surface area contributed by atoms with Gasteiger partial charge in [0.05, 0.1) is 12.3 Å². The summed E-state index contributed by atoms with van der Waals surface area (Å²) in [5, 5.41) is 14.4. The van der Waals surface area contributed by atoms with Crippen molar-refractivity contribution in [2.75, 3.05) is 5.32 Å². The average molecular weight is 319 g/mol. The zero-order chi connectivity index (χ0) is 16.9. The van der Waals surface area contributed by atoms with Crippen LogP contribution in [0.25, 0.3) is 10.8 Å². The summed E-state index contributed by atoms with van der Waals surface area (Å²) in [4.78, 5) is 12.8. The Morgan fingerprint density at radius 3 is 2.71 bits per heavy atom. The molecule has 0 aliphatic rings. The predicted molar refractivity (Wildman–Crippen MR) is 92.2 cm³/mol. The van der Waals surface area contributed by atoms with Gasteiger partial charge < -0.3 is 10.1 Å². The van der Waals surface area contributed by atoms with Gasteiger partial charge in [-0.15, -0.1) is 0 Å². The number of aromatic nitrogens is 3. The summed E-state index contributed by atoms with van der Waals surface area (Å²) in [6, 6.07) is 11.9. The molecule has 0 aliphatic carbocycles. The van der Waals surface area contributed by atoms with E-state index in [0.29, 0.717) is 11.6 Å². The normalized spacial score (nSPS) is 11.7. The molecular weight excluding hydrogens is 302 g/mol. The highest BCUT2D eigenvalue weighted by molar-refractivity contribution is 5.84. The largest absolute Gasteiger partial charge is 0.473 e. The molecule has 0 radical (unpaired) electrons. The molecule has 0 saturated heterocycles. The third kappa shape index (κ3) is 3.41. The van der Waals surface area contributed by atoms with E-state index < -0.39 is 0 Å². The van der Waals surface area contributed by atoms with E-state index in [4.69, 9.17) is 10.00 Å². The summed E-state index contributed by atoms with van der Waals surface area (Å²) >= 11 is 0. The van der Waals surface area contributed by atoms with Gasteiger partial charge in [-0.2, -0.15) is 10.2 Å². The van der Waals surface area contributed by atoms with Crippen LogP contribution in [-0.2, 0) is 0 Å². The second-order valence-corrected chi connectivity index (χ2v) is 5.40. The van der Waals surface area contributed by atoms with E-state index in [9.17, 15) is 0 Å². The van der Waals surface area contributed by atoms with E-state index in [-0.39, 0.29) is 17.7 Å². The summed E-state index contributed by atoms with van der Waals surface area (Å²) in [6.07, 6.45) is 4.07. The molecule has 0 spiro atoms. The van der Waals surface area contributed by atoms with Crippen LogP contribution in [0.5, 0.6) is 5.88 Å². The van der Waals surface area contributed by atoms with Gasteiger partial charge in [0.15, 0.2) is 5.82 Å². The van der Waals surface area contributed by atoms with Gasteiger partial charge in [-0.05, 0) is 24.8 Å². The number of hydrogen-bond donors (Lipinski definition) is 1. The van der Waals surface area contributed by atoms with Crippen molar-refractivity contribution in [3.63, 3.8) is 0 Å². The number of anilines is 2. The minimum Gasteiger partial charge on any atom is -0.473 e. The van der Waals surface area contributed by atoms with Gasteiger partial charge >= 0.3 is 0 Å². The lowest BCUT2D eigenvalue weighted by Gasteiger charge is -2.13. The number of nitrogens with one attached hydrogen (secondary N) is 1. The molecule has 0 amide bonds. The van der Waals surface area contributed by atoms with Crippen molar-refractivity contribution >= 4 is 22.4 Å². The number of benzene rings is 1. The van der Waals surface area contributed by atoms with Crippen molar-refractivity contribution in [1.82, 2.24) is 15.0 Å². The van der Waals surface area contributed by atoms with E-state index in [1.807, 2.05) is 50.2 Å². The molecule has 0 unspecified atom stereocenters. The molecule has 1 N–H and O–H groups in total. The Labute approximate surface area is 140 Å². The number of nitrogens with zero attached hydrogens (tertiary/aromatic N) is 4. The quantitative estimate of drug-likeness (QED) is 0.769. The van der Waals surface area contributed by atoms with E-state index >= 15 is 0 Å². The van der Waals surface area contributed by atoms with E-state index in [1.165, 1.54) is 6.20 Å². The second kappa shape index (κ2) is 6.92. The molecule has 1 atom stereocenters. The molecule has 24 heavy (non-hydrogen) atoms. The Bertz CT molecular complexity index is 903. The average Bonchev–Trinajstić information content (AvgIpc) is 2.62. The number of fused-ring (bicyclic) bond motifs is 1. The highest BCUT2D eigenvalue weighted by atomic mass is 16.5. The van der Waals surface area contributed by atoms with Crippen molar-refractivity contribution in [2.24, 2.45) is 0 Å². The fourth-order valence-electron chi connectivity index (χ4n) is 2.15. The first-order chi connectivity index (χ1) is 11.7. The van der Waals surface area contributed by atoms with Crippen molar-refractivity contribution in [3.05, 3.63) is 48.4 Å². The van der Waals surface area contributed by atoms with Crippen molar-refractivity contribution < 1.29 is 4.74 Å². The summed E-state index contributed by atoms with van der Waals surface area (Å²) < 4.78 is 5.68. The minimum absolute atomic E-state index is 0.0413. The Kier molecular flexibility index (Phi) is 4.52. The Hall–Kier alpha value is -3.20. The van der Waals surface area contributed by atoms with Crippen LogP contribution in [0.2, 0.25) is 0 Å². The summed E-state index contributed by atoms with van der Waals surface area (Å²) in [6.45, 7) is 3.93. The predicted octanol–water partition coefficient (Wildman–Crippen LogP) is 3.82. The maximum Gasteiger partial charge on any atom is 0.253 e. The summed E-state index contributed by atoms with van der Waals surface area (Å²) in [5.41, 5.74) is 0.173. The molecule has 6 nitrogen and oxygen atoms in total.